The normalized spacial score (nSPS) is 18.9. The van der Waals surface area contributed by atoms with E-state index in [9.17, 15) is 19.5 Å². The highest BCUT2D eigenvalue weighted by Crippen LogP contribution is 2.36. The summed E-state index contributed by atoms with van der Waals surface area (Å²) in [5.41, 5.74) is 1.89. The number of carboxylic acid groups (broad SMARTS) is 1. The number of amides is 1. The summed E-state index contributed by atoms with van der Waals surface area (Å²) in [5.74, 6) is -1.98. The van der Waals surface area contributed by atoms with Gasteiger partial charge in [-0.15, -0.1) is 0 Å². The maximum absolute atomic E-state index is 13.1. The molecule has 3 rings (SSSR count). The van der Waals surface area contributed by atoms with E-state index in [0.717, 1.165) is 11.1 Å². The Bertz CT molecular complexity index is 949. The van der Waals surface area contributed by atoms with Gasteiger partial charge >= 0.3 is 5.97 Å². The minimum Gasteiger partial charge on any atom is -0.480 e. The van der Waals surface area contributed by atoms with Gasteiger partial charge in [0.2, 0.25) is 5.91 Å². The van der Waals surface area contributed by atoms with Gasteiger partial charge < -0.3 is 15.3 Å². The summed E-state index contributed by atoms with van der Waals surface area (Å²) in [7, 11) is 0. The first kappa shape index (κ1) is 22.6. The number of rotatable bonds is 8. The molecule has 2 aromatic carbocycles. The van der Waals surface area contributed by atoms with Gasteiger partial charge in [0.25, 0.3) is 0 Å². The fourth-order valence-electron chi connectivity index (χ4n) is 4.05. The molecule has 2 unspecified atom stereocenters. The predicted octanol–water partition coefficient (Wildman–Crippen LogP) is 3.17. The van der Waals surface area contributed by atoms with E-state index in [1.54, 1.807) is 0 Å². The number of benzene rings is 2. The molecular formula is C24H26N2O4S. The van der Waals surface area contributed by atoms with Crippen LogP contribution in [0.5, 0.6) is 0 Å². The summed E-state index contributed by atoms with van der Waals surface area (Å²) in [6, 6.07) is 17.8. The number of carboxylic acids is 1. The van der Waals surface area contributed by atoms with Crippen molar-refractivity contribution < 1.29 is 19.5 Å². The number of likely N-dealkylation sites (tertiary alicyclic amines) is 1. The van der Waals surface area contributed by atoms with Crippen LogP contribution in [0.1, 0.15) is 36.9 Å². The third-order valence-electron chi connectivity index (χ3n) is 5.65. The lowest BCUT2D eigenvalue weighted by Gasteiger charge is -2.29. The van der Waals surface area contributed by atoms with Crippen molar-refractivity contribution in [1.82, 2.24) is 10.2 Å². The summed E-state index contributed by atoms with van der Waals surface area (Å²) < 4.78 is 0. The third kappa shape index (κ3) is 5.55. The largest absolute Gasteiger partial charge is 0.480 e. The second-order valence-corrected chi connectivity index (χ2v) is 8.17. The van der Waals surface area contributed by atoms with Crippen molar-refractivity contribution in [2.75, 3.05) is 6.54 Å². The van der Waals surface area contributed by atoms with Crippen LogP contribution in [0.3, 0.4) is 0 Å². The summed E-state index contributed by atoms with van der Waals surface area (Å²) in [4.78, 5) is 38.7. The second-order valence-electron chi connectivity index (χ2n) is 7.73. The van der Waals surface area contributed by atoms with Crippen molar-refractivity contribution in [3.63, 3.8) is 0 Å². The first-order valence-corrected chi connectivity index (χ1v) is 10.7. The summed E-state index contributed by atoms with van der Waals surface area (Å²) in [5, 5.41) is 12.5. The molecule has 31 heavy (non-hydrogen) atoms. The highest BCUT2D eigenvalue weighted by atomic mass is 32.1. The van der Waals surface area contributed by atoms with Crippen LogP contribution >= 0.6 is 12.2 Å². The number of nitrogens with zero attached hydrogens (tertiary/aromatic N) is 1. The van der Waals surface area contributed by atoms with E-state index in [0.29, 0.717) is 24.3 Å². The Balaban J connectivity index is 1.69. The van der Waals surface area contributed by atoms with Gasteiger partial charge in [-0.2, -0.15) is 0 Å². The van der Waals surface area contributed by atoms with Gasteiger partial charge in [-0.25, -0.2) is 4.79 Å². The Morgan fingerprint density at radius 2 is 1.68 bits per heavy atom. The number of hydrogen-bond donors (Lipinski definition) is 2. The zero-order valence-corrected chi connectivity index (χ0v) is 18.2. The highest BCUT2D eigenvalue weighted by Gasteiger charge is 2.41. The van der Waals surface area contributed by atoms with E-state index in [1.165, 1.54) is 11.8 Å². The van der Waals surface area contributed by atoms with Crippen molar-refractivity contribution in [2.45, 2.75) is 38.3 Å². The average Bonchev–Trinajstić information content (AvgIpc) is 3.22. The Hall–Kier alpha value is -3.06. The van der Waals surface area contributed by atoms with Crippen LogP contribution in [0.4, 0.5) is 0 Å². The first-order valence-electron chi connectivity index (χ1n) is 10.3. The van der Waals surface area contributed by atoms with Gasteiger partial charge in [-0.3, -0.25) is 9.59 Å². The average molecular weight is 439 g/mol. The van der Waals surface area contributed by atoms with Crippen LogP contribution in [-0.4, -0.2) is 45.2 Å². The van der Waals surface area contributed by atoms with Gasteiger partial charge in [0, 0.05) is 0 Å². The molecule has 0 spiro atoms. The smallest absolute Gasteiger partial charge is 0.326 e. The van der Waals surface area contributed by atoms with Crippen LogP contribution in [0, 0.1) is 5.92 Å². The summed E-state index contributed by atoms with van der Waals surface area (Å²) in [6.07, 6.45) is 1.43. The van der Waals surface area contributed by atoms with Crippen molar-refractivity contribution in [3.8, 4) is 0 Å². The third-order valence-corrected chi connectivity index (χ3v) is 6.08. The molecule has 0 aromatic heterocycles. The molecule has 1 heterocycles. The number of nitrogens with one attached hydrogen (secondary N) is 1. The van der Waals surface area contributed by atoms with Crippen LogP contribution in [0.15, 0.2) is 60.7 Å². The Labute approximate surface area is 187 Å². The maximum Gasteiger partial charge on any atom is 0.326 e. The molecule has 3 atom stereocenters. The van der Waals surface area contributed by atoms with Gasteiger partial charge in [0.05, 0.1) is 23.5 Å². The molecule has 0 bridgehead atoms. The molecule has 0 aliphatic carbocycles. The molecular weight excluding hydrogens is 412 g/mol. The van der Waals surface area contributed by atoms with Crippen LogP contribution in [-0.2, 0) is 20.8 Å². The van der Waals surface area contributed by atoms with Crippen molar-refractivity contribution in [1.29, 1.82) is 0 Å². The standard InChI is InChI=1S/C24H26N2O4S/c1-16(27)19(14-17-8-4-2-5-9-17)23(31)25-15-22(28)26-20(12-13-21(26)24(29)30)18-10-6-3-7-11-18/h2-11,19-21H,12-15H2,1H3,(H,25,31)(H,29,30)/t19?,20?,21-/m0/s1. The molecule has 1 aliphatic rings. The van der Waals surface area contributed by atoms with Crippen LogP contribution in [0.2, 0.25) is 0 Å². The van der Waals surface area contributed by atoms with Crippen molar-refractivity contribution >= 4 is 34.9 Å². The molecule has 1 saturated heterocycles. The second kappa shape index (κ2) is 10.3. The van der Waals surface area contributed by atoms with Gasteiger partial charge in [-0.05, 0) is 37.3 Å². The Kier molecular flexibility index (Phi) is 7.52. The monoisotopic (exact) mass is 438 g/mol. The minimum atomic E-state index is -1.01. The number of carbonyl (C=O) groups excluding carboxylic acids is 2. The Morgan fingerprint density at radius 1 is 1.06 bits per heavy atom. The van der Waals surface area contributed by atoms with E-state index >= 15 is 0 Å². The quantitative estimate of drug-likeness (QED) is 0.616. The zero-order chi connectivity index (χ0) is 22.4. The number of hydrogen-bond acceptors (Lipinski definition) is 4. The number of ketones is 1. The van der Waals surface area contributed by atoms with E-state index in [2.05, 4.69) is 5.32 Å². The molecule has 7 heteroatoms. The minimum absolute atomic E-state index is 0.0828. The predicted molar refractivity (Wildman–Crippen MR) is 122 cm³/mol. The molecule has 1 fully saturated rings. The van der Waals surface area contributed by atoms with Crippen molar-refractivity contribution in [3.05, 3.63) is 71.8 Å². The molecule has 0 saturated carbocycles. The molecule has 6 nitrogen and oxygen atoms in total. The van der Waals surface area contributed by atoms with Gasteiger partial charge in [0.15, 0.2) is 0 Å². The molecule has 2 N–H and O–H groups in total. The molecule has 0 radical (unpaired) electrons. The first-order chi connectivity index (χ1) is 14.9. The topological polar surface area (TPSA) is 86.7 Å². The van der Waals surface area contributed by atoms with E-state index in [-0.39, 0.29) is 24.3 Å². The van der Waals surface area contributed by atoms with E-state index in [4.69, 9.17) is 12.2 Å². The number of carbonyl (C=O) groups is 3. The Morgan fingerprint density at radius 3 is 2.26 bits per heavy atom. The zero-order valence-electron chi connectivity index (χ0n) is 17.4. The lowest BCUT2D eigenvalue weighted by molar-refractivity contribution is -0.149. The summed E-state index contributed by atoms with van der Waals surface area (Å²) in [6.45, 7) is 1.33. The summed E-state index contributed by atoms with van der Waals surface area (Å²) >= 11 is 5.43. The van der Waals surface area contributed by atoms with Gasteiger partial charge in [0.1, 0.15) is 11.8 Å². The molecule has 2 aromatic rings. The van der Waals surface area contributed by atoms with Crippen LogP contribution < -0.4 is 5.32 Å². The van der Waals surface area contributed by atoms with Crippen LogP contribution in [0.25, 0.3) is 0 Å². The fraction of sp³-hybridized carbons (Fsp3) is 0.333. The maximum atomic E-state index is 13.1. The van der Waals surface area contributed by atoms with E-state index < -0.39 is 17.9 Å². The number of Topliss-reactive ketones (excluding diaryl/α,β-unsaturated/α-hetero) is 1. The highest BCUT2D eigenvalue weighted by molar-refractivity contribution is 7.80. The number of aliphatic carboxylic acids is 1. The number of thiocarbonyl (C=S) groups is 1. The van der Waals surface area contributed by atoms with Crippen molar-refractivity contribution in [2.24, 2.45) is 5.92 Å². The lowest BCUT2D eigenvalue weighted by Crippen LogP contribution is -2.47. The molecule has 1 amide bonds. The molecule has 1 aliphatic heterocycles. The lowest BCUT2D eigenvalue weighted by atomic mass is 9.95. The molecule has 162 valence electrons. The SMILES string of the molecule is CC(=O)C(Cc1ccccc1)C(=S)NCC(=O)N1C(c2ccccc2)CC[C@H]1C(=O)O. The fourth-order valence-corrected chi connectivity index (χ4v) is 4.37. The van der Waals surface area contributed by atoms with E-state index in [1.807, 2.05) is 60.7 Å². The van der Waals surface area contributed by atoms with Gasteiger partial charge in [-0.1, -0.05) is 72.9 Å².